The average molecular weight is 355 g/mol. The van der Waals surface area contributed by atoms with E-state index in [1.54, 1.807) is 6.20 Å². The molecule has 2 aromatic heterocycles. The van der Waals surface area contributed by atoms with Gasteiger partial charge in [-0.25, -0.2) is 4.98 Å². The molecule has 0 aromatic carbocycles. The highest BCUT2D eigenvalue weighted by Crippen LogP contribution is 2.28. The van der Waals surface area contributed by atoms with E-state index in [9.17, 15) is 0 Å². The minimum absolute atomic E-state index is 0.151. The maximum Gasteiger partial charge on any atom is 0.143 e. The van der Waals surface area contributed by atoms with Gasteiger partial charge in [-0.15, -0.1) is 0 Å². The molecule has 0 saturated heterocycles. The van der Waals surface area contributed by atoms with Crippen molar-refractivity contribution in [3.05, 3.63) is 50.5 Å². The highest BCUT2D eigenvalue weighted by Gasteiger charge is 2.13. The lowest BCUT2D eigenvalue weighted by Gasteiger charge is -2.20. The zero-order chi connectivity index (χ0) is 14.9. The predicted octanol–water partition coefficient (Wildman–Crippen LogP) is 4.99. The molecule has 1 N–H and O–H groups in total. The molecule has 1 atom stereocenters. The van der Waals surface area contributed by atoms with Crippen molar-refractivity contribution in [1.82, 2.24) is 9.97 Å². The van der Waals surface area contributed by atoms with Gasteiger partial charge in [0.2, 0.25) is 0 Å². The first-order chi connectivity index (χ1) is 9.38. The van der Waals surface area contributed by atoms with Crippen molar-refractivity contribution >= 4 is 33.2 Å². The van der Waals surface area contributed by atoms with Crippen LogP contribution >= 0.6 is 27.5 Å². The van der Waals surface area contributed by atoms with Crippen molar-refractivity contribution in [2.45, 2.75) is 33.7 Å². The Morgan fingerprint density at radius 3 is 2.55 bits per heavy atom. The first-order valence-corrected chi connectivity index (χ1v) is 7.58. The van der Waals surface area contributed by atoms with Gasteiger partial charge in [0.25, 0.3) is 0 Å². The van der Waals surface area contributed by atoms with Gasteiger partial charge in [-0.05, 0) is 66.9 Å². The number of nitrogens with one attached hydrogen (secondary N) is 1. The summed E-state index contributed by atoms with van der Waals surface area (Å²) in [5, 5.41) is 3.90. The van der Waals surface area contributed by atoms with Gasteiger partial charge in [0.05, 0.1) is 22.4 Å². The molecule has 0 aliphatic rings. The Morgan fingerprint density at radius 2 is 1.95 bits per heavy atom. The highest BCUT2D eigenvalue weighted by atomic mass is 79.9. The molecular weight excluding hydrogens is 338 g/mol. The van der Waals surface area contributed by atoms with Gasteiger partial charge in [-0.2, -0.15) is 0 Å². The number of halogens is 2. The van der Waals surface area contributed by atoms with E-state index < -0.39 is 0 Å². The van der Waals surface area contributed by atoms with Crippen LogP contribution in [0.25, 0.3) is 0 Å². The number of hydrogen-bond acceptors (Lipinski definition) is 3. The second-order valence-electron chi connectivity index (χ2n) is 4.94. The quantitative estimate of drug-likeness (QED) is 0.789. The summed E-state index contributed by atoms with van der Waals surface area (Å²) in [7, 11) is 0. The van der Waals surface area contributed by atoms with Crippen LogP contribution in [0.4, 0.5) is 5.69 Å². The van der Waals surface area contributed by atoms with Gasteiger partial charge in [-0.1, -0.05) is 11.6 Å². The molecule has 2 heterocycles. The molecular formula is C15H17BrClN3. The molecule has 0 aliphatic carbocycles. The average Bonchev–Trinajstić information content (AvgIpc) is 2.32. The van der Waals surface area contributed by atoms with Gasteiger partial charge in [0.1, 0.15) is 5.15 Å². The molecule has 2 aromatic rings. The summed E-state index contributed by atoms with van der Waals surface area (Å²) < 4.78 is 0.784. The molecule has 0 fully saturated rings. The number of pyridine rings is 2. The van der Waals surface area contributed by atoms with Crippen molar-refractivity contribution in [2.75, 3.05) is 5.32 Å². The van der Waals surface area contributed by atoms with E-state index in [0.717, 1.165) is 21.5 Å². The van der Waals surface area contributed by atoms with E-state index >= 15 is 0 Å². The lowest BCUT2D eigenvalue weighted by atomic mass is 10.0. The fourth-order valence-electron chi connectivity index (χ4n) is 2.51. The van der Waals surface area contributed by atoms with E-state index in [4.69, 9.17) is 11.6 Å². The number of anilines is 1. The van der Waals surface area contributed by atoms with E-state index in [-0.39, 0.29) is 6.04 Å². The SMILES string of the molecule is Cc1cc(C)c(C(C)Nc2cnc(Cl)c(Br)c2)c(C)n1. The first-order valence-electron chi connectivity index (χ1n) is 6.41. The summed E-state index contributed by atoms with van der Waals surface area (Å²) in [5.41, 5.74) is 5.50. The zero-order valence-corrected chi connectivity index (χ0v) is 14.3. The summed E-state index contributed by atoms with van der Waals surface area (Å²) in [5.74, 6) is 0. The summed E-state index contributed by atoms with van der Waals surface area (Å²) >= 11 is 9.29. The second-order valence-corrected chi connectivity index (χ2v) is 6.15. The number of aryl methyl sites for hydroxylation is 3. The van der Waals surface area contributed by atoms with Gasteiger partial charge in [0, 0.05) is 11.4 Å². The Morgan fingerprint density at radius 1 is 1.25 bits per heavy atom. The van der Waals surface area contributed by atoms with Gasteiger partial charge in [0.15, 0.2) is 0 Å². The predicted molar refractivity (Wildman–Crippen MR) is 87.4 cm³/mol. The number of nitrogens with zero attached hydrogens (tertiary/aromatic N) is 2. The van der Waals surface area contributed by atoms with Crippen LogP contribution in [-0.2, 0) is 0 Å². The molecule has 0 bridgehead atoms. The maximum atomic E-state index is 5.91. The van der Waals surface area contributed by atoms with E-state index in [1.165, 1.54) is 11.1 Å². The third-order valence-corrected chi connectivity index (χ3v) is 4.33. The van der Waals surface area contributed by atoms with Crippen LogP contribution in [0, 0.1) is 20.8 Å². The van der Waals surface area contributed by atoms with Crippen LogP contribution in [0.15, 0.2) is 22.8 Å². The smallest absolute Gasteiger partial charge is 0.143 e. The van der Waals surface area contributed by atoms with E-state index in [0.29, 0.717) is 5.15 Å². The third-order valence-electron chi connectivity index (χ3n) is 3.20. The Hall–Kier alpha value is -1.13. The second kappa shape index (κ2) is 6.10. The normalized spacial score (nSPS) is 12.3. The standard InChI is InChI=1S/C15H17BrClN3/c1-8-5-9(2)19-10(3)14(8)11(4)20-12-6-13(16)15(17)18-7-12/h5-7,11,20H,1-4H3. The van der Waals surface area contributed by atoms with Crippen molar-refractivity contribution in [2.24, 2.45) is 0 Å². The lowest BCUT2D eigenvalue weighted by Crippen LogP contribution is -2.11. The Labute approximate surface area is 132 Å². The monoisotopic (exact) mass is 353 g/mol. The van der Waals surface area contributed by atoms with Crippen LogP contribution < -0.4 is 5.32 Å². The Balaban J connectivity index is 2.28. The van der Waals surface area contributed by atoms with Crippen molar-refractivity contribution in [3.8, 4) is 0 Å². The van der Waals surface area contributed by atoms with Crippen LogP contribution in [0.3, 0.4) is 0 Å². The molecule has 0 saturated carbocycles. The first kappa shape index (κ1) is 15.3. The summed E-state index contributed by atoms with van der Waals surface area (Å²) in [6.45, 7) is 8.30. The summed E-state index contributed by atoms with van der Waals surface area (Å²) in [6, 6.07) is 4.19. The van der Waals surface area contributed by atoms with Crippen molar-refractivity contribution in [3.63, 3.8) is 0 Å². The zero-order valence-electron chi connectivity index (χ0n) is 12.0. The Kier molecular flexibility index (Phi) is 4.66. The van der Waals surface area contributed by atoms with Crippen molar-refractivity contribution in [1.29, 1.82) is 0 Å². The third kappa shape index (κ3) is 3.30. The molecule has 0 radical (unpaired) electrons. The summed E-state index contributed by atoms with van der Waals surface area (Å²) in [6.07, 6.45) is 1.73. The molecule has 1 unspecified atom stereocenters. The van der Waals surface area contributed by atoms with Crippen LogP contribution in [0.2, 0.25) is 5.15 Å². The molecule has 0 spiro atoms. The summed E-state index contributed by atoms with van der Waals surface area (Å²) in [4.78, 5) is 8.67. The fraction of sp³-hybridized carbons (Fsp3) is 0.333. The van der Waals surface area contributed by atoms with Gasteiger partial charge < -0.3 is 5.32 Å². The number of aromatic nitrogens is 2. The maximum absolute atomic E-state index is 5.91. The van der Waals surface area contributed by atoms with Crippen LogP contribution in [0.1, 0.15) is 35.5 Å². The minimum Gasteiger partial charge on any atom is -0.377 e. The molecule has 5 heteroatoms. The van der Waals surface area contributed by atoms with E-state index in [1.807, 2.05) is 19.9 Å². The molecule has 2 rings (SSSR count). The molecule has 0 amide bonds. The molecule has 20 heavy (non-hydrogen) atoms. The molecule has 0 aliphatic heterocycles. The molecule has 106 valence electrons. The molecule has 3 nitrogen and oxygen atoms in total. The lowest BCUT2D eigenvalue weighted by molar-refractivity contribution is 0.841. The van der Waals surface area contributed by atoms with Gasteiger partial charge in [-0.3, -0.25) is 4.98 Å². The fourth-order valence-corrected chi connectivity index (χ4v) is 2.96. The van der Waals surface area contributed by atoms with Crippen molar-refractivity contribution < 1.29 is 0 Å². The van der Waals surface area contributed by atoms with E-state index in [2.05, 4.69) is 51.1 Å². The number of rotatable bonds is 3. The van der Waals surface area contributed by atoms with Crippen LogP contribution in [0.5, 0.6) is 0 Å². The Bertz CT molecular complexity index is 620. The van der Waals surface area contributed by atoms with Crippen LogP contribution in [-0.4, -0.2) is 9.97 Å². The minimum atomic E-state index is 0.151. The number of hydrogen-bond donors (Lipinski definition) is 1. The van der Waals surface area contributed by atoms with Gasteiger partial charge >= 0.3 is 0 Å². The highest BCUT2D eigenvalue weighted by molar-refractivity contribution is 9.10. The largest absolute Gasteiger partial charge is 0.377 e. The topological polar surface area (TPSA) is 37.8 Å².